The van der Waals surface area contributed by atoms with Crippen molar-refractivity contribution in [3.05, 3.63) is 59.2 Å². The molecule has 2 aromatic carbocycles. The molecule has 0 spiro atoms. The smallest absolute Gasteiger partial charge is 0.336 e. The Morgan fingerprint density at radius 1 is 1.09 bits per heavy atom. The summed E-state index contributed by atoms with van der Waals surface area (Å²) >= 11 is 0. The van der Waals surface area contributed by atoms with E-state index in [1.54, 1.807) is 30.3 Å². The van der Waals surface area contributed by atoms with Crippen molar-refractivity contribution < 1.29 is 20.1 Å². The number of nitrogens with zero attached hydrogens (tertiary/aromatic N) is 1. The van der Waals surface area contributed by atoms with Gasteiger partial charge in [0.15, 0.2) is 0 Å². The van der Waals surface area contributed by atoms with Gasteiger partial charge in [-0.1, -0.05) is 24.3 Å². The second-order valence-corrected chi connectivity index (χ2v) is 5.21. The van der Waals surface area contributed by atoms with E-state index in [4.69, 9.17) is 0 Å². The van der Waals surface area contributed by atoms with Gasteiger partial charge in [-0.05, 0) is 31.5 Å². The van der Waals surface area contributed by atoms with Crippen molar-refractivity contribution in [1.82, 2.24) is 0 Å². The Morgan fingerprint density at radius 2 is 1.74 bits per heavy atom. The number of aromatic hydroxyl groups is 1. The summed E-state index contributed by atoms with van der Waals surface area (Å²) in [6.07, 6.45) is -1.20. The lowest BCUT2D eigenvalue weighted by Crippen LogP contribution is -2.21. The summed E-state index contributed by atoms with van der Waals surface area (Å²) in [5, 5.41) is 30.0. The fourth-order valence-corrected chi connectivity index (χ4v) is 2.65. The number of aliphatic hydroxyl groups is 1. The number of aromatic carboxylic acids is 1. The molecule has 0 bridgehead atoms. The van der Waals surface area contributed by atoms with Gasteiger partial charge in [-0.15, -0.1) is 0 Å². The fraction of sp³-hybridized carbons (Fsp3) is 0.278. The standard InChI is InChI=1S/C18H21NO4/c1-3-19(4-2)12-9-10-15(16(20)11-12)17(21)13-7-5-6-8-14(13)18(22)23/h5-11,17,20-21H,3-4H2,1-2H3,(H,22,23). The Hall–Kier alpha value is -2.53. The highest BCUT2D eigenvalue weighted by molar-refractivity contribution is 5.89. The lowest BCUT2D eigenvalue weighted by molar-refractivity contribution is 0.0691. The lowest BCUT2D eigenvalue weighted by atomic mass is 9.96. The molecule has 0 fully saturated rings. The number of hydrogen-bond donors (Lipinski definition) is 3. The third-order valence-corrected chi connectivity index (χ3v) is 3.92. The van der Waals surface area contributed by atoms with Gasteiger partial charge >= 0.3 is 5.97 Å². The van der Waals surface area contributed by atoms with Crippen molar-refractivity contribution in [3.63, 3.8) is 0 Å². The minimum Gasteiger partial charge on any atom is -0.507 e. The molecule has 1 atom stereocenters. The maximum Gasteiger partial charge on any atom is 0.336 e. The Kier molecular flexibility index (Phi) is 5.24. The van der Waals surface area contributed by atoms with Crippen LogP contribution < -0.4 is 4.90 Å². The number of rotatable bonds is 6. The third-order valence-electron chi connectivity index (χ3n) is 3.92. The van der Waals surface area contributed by atoms with Crippen molar-refractivity contribution >= 4 is 11.7 Å². The van der Waals surface area contributed by atoms with E-state index < -0.39 is 12.1 Å². The SMILES string of the molecule is CCN(CC)c1ccc(C(O)c2ccccc2C(=O)O)c(O)c1. The molecule has 5 heteroatoms. The monoisotopic (exact) mass is 315 g/mol. The first-order valence-electron chi connectivity index (χ1n) is 7.57. The predicted octanol–water partition coefficient (Wildman–Crippen LogP) is 3.02. The summed E-state index contributed by atoms with van der Waals surface area (Å²) in [5.41, 5.74) is 1.42. The van der Waals surface area contributed by atoms with Crippen molar-refractivity contribution in [3.8, 4) is 5.75 Å². The number of phenolic OH excluding ortho intramolecular Hbond substituents is 1. The van der Waals surface area contributed by atoms with Crippen LogP contribution in [-0.2, 0) is 0 Å². The van der Waals surface area contributed by atoms with E-state index in [2.05, 4.69) is 4.90 Å². The predicted molar refractivity (Wildman–Crippen MR) is 89.1 cm³/mol. The first-order valence-corrected chi connectivity index (χ1v) is 7.57. The van der Waals surface area contributed by atoms with Gasteiger partial charge in [-0.2, -0.15) is 0 Å². The summed E-state index contributed by atoms with van der Waals surface area (Å²) in [7, 11) is 0. The summed E-state index contributed by atoms with van der Waals surface area (Å²) < 4.78 is 0. The molecule has 0 saturated heterocycles. The minimum absolute atomic E-state index is 0.0206. The molecular formula is C18H21NO4. The minimum atomic E-state index is -1.20. The van der Waals surface area contributed by atoms with Gasteiger partial charge in [-0.3, -0.25) is 0 Å². The fourth-order valence-electron chi connectivity index (χ4n) is 2.65. The molecule has 122 valence electrons. The molecule has 23 heavy (non-hydrogen) atoms. The number of anilines is 1. The molecular weight excluding hydrogens is 294 g/mol. The zero-order chi connectivity index (χ0) is 17.0. The molecule has 0 saturated carbocycles. The van der Waals surface area contributed by atoms with Crippen LogP contribution in [0.25, 0.3) is 0 Å². The van der Waals surface area contributed by atoms with E-state index in [0.29, 0.717) is 0 Å². The maximum absolute atomic E-state index is 11.3. The van der Waals surface area contributed by atoms with Crippen molar-refractivity contribution in [1.29, 1.82) is 0 Å². The van der Waals surface area contributed by atoms with E-state index in [1.807, 2.05) is 19.9 Å². The Bertz CT molecular complexity index is 695. The molecule has 2 aromatic rings. The van der Waals surface area contributed by atoms with Crippen molar-refractivity contribution in [2.24, 2.45) is 0 Å². The number of carboxylic acid groups (broad SMARTS) is 1. The number of benzene rings is 2. The topological polar surface area (TPSA) is 81.0 Å². The first-order chi connectivity index (χ1) is 11.0. The summed E-state index contributed by atoms with van der Waals surface area (Å²) in [6.45, 7) is 5.65. The highest BCUT2D eigenvalue weighted by Gasteiger charge is 2.21. The summed E-state index contributed by atoms with van der Waals surface area (Å²) in [4.78, 5) is 13.4. The number of carboxylic acids is 1. The van der Waals surface area contributed by atoms with E-state index in [0.717, 1.165) is 18.8 Å². The molecule has 0 radical (unpaired) electrons. The van der Waals surface area contributed by atoms with Crippen LogP contribution in [0.3, 0.4) is 0 Å². The molecule has 5 nitrogen and oxygen atoms in total. The number of carbonyl (C=O) groups is 1. The quantitative estimate of drug-likeness (QED) is 0.763. The van der Waals surface area contributed by atoms with Gasteiger partial charge in [0.2, 0.25) is 0 Å². The second kappa shape index (κ2) is 7.15. The molecule has 1 unspecified atom stereocenters. The molecule has 0 heterocycles. The zero-order valence-corrected chi connectivity index (χ0v) is 13.2. The van der Waals surface area contributed by atoms with E-state index in [9.17, 15) is 20.1 Å². The Labute approximate surface area is 135 Å². The lowest BCUT2D eigenvalue weighted by Gasteiger charge is -2.22. The molecule has 0 amide bonds. The van der Waals surface area contributed by atoms with Gasteiger partial charge in [0.25, 0.3) is 0 Å². The Balaban J connectivity index is 2.41. The van der Waals surface area contributed by atoms with Gasteiger partial charge < -0.3 is 20.2 Å². The van der Waals surface area contributed by atoms with E-state index in [-0.39, 0.29) is 22.4 Å². The van der Waals surface area contributed by atoms with Gasteiger partial charge in [0, 0.05) is 30.4 Å². The van der Waals surface area contributed by atoms with Crippen LogP contribution in [-0.4, -0.2) is 34.4 Å². The largest absolute Gasteiger partial charge is 0.507 e. The van der Waals surface area contributed by atoms with Crippen LogP contribution in [0, 0.1) is 0 Å². The zero-order valence-electron chi connectivity index (χ0n) is 13.2. The third kappa shape index (κ3) is 3.46. The summed E-state index contributed by atoms with van der Waals surface area (Å²) in [5.74, 6) is -1.17. The van der Waals surface area contributed by atoms with Crippen LogP contribution in [0.1, 0.15) is 41.4 Å². The van der Waals surface area contributed by atoms with Crippen molar-refractivity contribution in [2.75, 3.05) is 18.0 Å². The molecule has 0 aromatic heterocycles. The first kappa shape index (κ1) is 16.8. The molecule has 0 aliphatic carbocycles. The van der Waals surface area contributed by atoms with Crippen LogP contribution in [0.4, 0.5) is 5.69 Å². The van der Waals surface area contributed by atoms with Gasteiger partial charge in [-0.25, -0.2) is 4.79 Å². The number of hydrogen-bond acceptors (Lipinski definition) is 4. The van der Waals surface area contributed by atoms with Crippen LogP contribution in [0.15, 0.2) is 42.5 Å². The van der Waals surface area contributed by atoms with E-state index >= 15 is 0 Å². The van der Waals surface area contributed by atoms with Gasteiger partial charge in [0.1, 0.15) is 11.9 Å². The summed E-state index contributed by atoms with van der Waals surface area (Å²) in [6, 6.07) is 11.3. The highest BCUT2D eigenvalue weighted by Crippen LogP contribution is 2.33. The number of phenols is 1. The van der Waals surface area contributed by atoms with Crippen LogP contribution >= 0.6 is 0 Å². The highest BCUT2D eigenvalue weighted by atomic mass is 16.4. The Morgan fingerprint density at radius 3 is 2.30 bits per heavy atom. The van der Waals surface area contributed by atoms with Gasteiger partial charge in [0.05, 0.1) is 5.56 Å². The number of aliphatic hydroxyl groups excluding tert-OH is 1. The normalized spacial score (nSPS) is 12.0. The van der Waals surface area contributed by atoms with Crippen LogP contribution in [0.2, 0.25) is 0 Å². The maximum atomic E-state index is 11.3. The molecule has 0 aliphatic rings. The van der Waals surface area contributed by atoms with Crippen LogP contribution in [0.5, 0.6) is 5.75 Å². The van der Waals surface area contributed by atoms with E-state index in [1.165, 1.54) is 6.07 Å². The van der Waals surface area contributed by atoms with Crippen molar-refractivity contribution in [2.45, 2.75) is 20.0 Å². The average Bonchev–Trinajstić information content (AvgIpc) is 2.55. The molecule has 2 rings (SSSR count). The average molecular weight is 315 g/mol. The molecule has 3 N–H and O–H groups in total. The second-order valence-electron chi connectivity index (χ2n) is 5.21. The molecule has 0 aliphatic heterocycles.